The highest BCUT2D eigenvalue weighted by atomic mass is 19.4. The van der Waals surface area contributed by atoms with Crippen LogP contribution in [0.15, 0.2) is 18.2 Å². The quantitative estimate of drug-likeness (QED) is 0.587. The number of terminal acetylenes is 1. The van der Waals surface area contributed by atoms with Crippen LogP contribution in [-0.2, 0) is 10.9 Å². The predicted octanol–water partition coefficient (Wildman–Crippen LogP) is 2.67. The standard InChI is InChI=1S/C11H9F3O2/c1-3-8-6-9(11(12,13)14)4-5-10(8)16-7-15-2/h1,4-6H,7H2,2H3. The fourth-order valence-electron chi connectivity index (χ4n) is 1.07. The molecule has 0 spiro atoms. The van der Waals surface area contributed by atoms with Gasteiger partial charge in [-0.25, -0.2) is 0 Å². The molecule has 2 nitrogen and oxygen atoms in total. The van der Waals surface area contributed by atoms with Crippen molar-refractivity contribution in [3.63, 3.8) is 0 Å². The zero-order valence-corrected chi connectivity index (χ0v) is 8.47. The van der Waals surface area contributed by atoms with Gasteiger partial charge in [-0.3, -0.25) is 0 Å². The average molecular weight is 230 g/mol. The van der Waals surface area contributed by atoms with Crippen molar-refractivity contribution >= 4 is 0 Å². The van der Waals surface area contributed by atoms with Crippen LogP contribution in [0.3, 0.4) is 0 Å². The third-order valence-corrected chi connectivity index (χ3v) is 1.79. The molecule has 16 heavy (non-hydrogen) atoms. The zero-order valence-electron chi connectivity index (χ0n) is 8.47. The SMILES string of the molecule is C#Cc1cc(C(F)(F)F)ccc1OCOC. The van der Waals surface area contributed by atoms with Crippen LogP contribution in [0.25, 0.3) is 0 Å². The molecule has 1 rings (SSSR count). The van der Waals surface area contributed by atoms with E-state index < -0.39 is 11.7 Å². The van der Waals surface area contributed by atoms with Crippen LogP contribution in [-0.4, -0.2) is 13.9 Å². The summed E-state index contributed by atoms with van der Waals surface area (Å²) in [5, 5.41) is 0. The van der Waals surface area contributed by atoms with Crippen molar-refractivity contribution in [3.05, 3.63) is 29.3 Å². The molecule has 0 aliphatic carbocycles. The summed E-state index contributed by atoms with van der Waals surface area (Å²) in [5.41, 5.74) is -0.753. The Bertz CT molecular complexity index is 405. The van der Waals surface area contributed by atoms with E-state index in [0.717, 1.165) is 12.1 Å². The number of halogens is 3. The molecule has 0 N–H and O–H groups in total. The Morgan fingerprint density at radius 1 is 1.38 bits per heavy atom. The summed E-state index contributed by atoms with van der Waals surface area (Å²) in [6, 6.07) is 2.95. The van der Waals surface area contributed by atoms with E-state index >= 15 is 0 Å². The number of benzene rings is 1. The normalized spacial score (nSPS) is 10.9. The van der Waals surface area contributed by atoms with Crippen molar-refractivity contribution in [3.8, 4) is 18.1 Å². The van der Waals surface area contributed by atoms with Crippen molar-refractivity contribution in [1.82, 2.24) is 0 Å². The van der Waals surface area contributed by atoms with Gasteiger partial charge in [0.2, 0.25) is 0 Å². The summed E-state index contributed by atoms with van der Waals surface area (Å²) in [5.74, 6) is 2.33. The Hall–Kier alpha value is -1.67. The van der Waals surface area contributed by atoms with Crippen molar-refractivity contribution in [2.24, 2.45) is 0 Å². The Morgan fingerprint density at radius 3 is 2.56 bits per heavy atom. The first kappa shape index (κ1) is 12.4. The molecule has 0 radical (unpaired) electrons. The molecule has 0 amide bonds. The summed E-state index contributed by atoms with van der Waals surface area (Å²) in [6.07, 6.45) is 0.685. The predicted molar refractivity (Wildman–Crippen MR) is 51.9 cm³/mol. The minimum Gasteiger partial charge on any atom is -0.466 e. The first-order valence-corrected chi connectivity index (χ1v) is 4.28. The molecular formula is C11H9F3O2. The molecule has 1 aromatic carbocycles. The maximum atomic E-state index is 12.4. The molecule has 0 aliphatic rings. The highest BCUT2D eigenvalue weighted by molar-refractivity contribution is 5.47. The molecule has 0 aliphatic heterocycles. The Balaban J connectivity index is 3.04. The van der Waals surface area contributed by atoms with E-state index in [-0.39, 0.29) is 18.1 Å². The van der Waals surface area contributed by atoms with Crippen LogP contribution < -0.4 is 4.74 Å². The minimum atomic E-state index is -4.41. The van der Waals surface area contributed by atoms with Crippen LogP contribution >= 0.6 is 0 Å². The maximum Gasteiger partial charge on any atom is 0.416 e. The number of rotatable bonds is 3. The minimum absolute atomic E-state index is 0.0480. The molecular weight excluding hydrogens is 221 g/mol. The fraction of sp³-hybridized carbons (Fsp3) is 0.273. The summed E-state index contributed by atoms with van der Waals surface area (Å²) in [6.45, 7) is -0.0694. The van der Waals surface area contributed by atoms with E-state index in [2.05, 4.69) is 10.7 Å². The summed E-state index contributed by atoms with van der Waals surface area (Å²) in [7, 11) is 1.40. The monoisotopic (exact) mass is 230 g/mol. The number of hydrogen-bond donors (Lipinski definition) is 0. The van der Waals surface area contributed by atoms with Crippen LogP contribution in [0.5, 0.6) is 5.75 Å². The number of hydrogen-bond acceptors (Lipinski definition) is 2. The topological polar surface area (TPSA) is 18.5 Å². The Kier molecular flexibility index (Phi) is 3.80. The Labute approximate surface area is 91.0 Å². The lowest BCUT2D eigenvalue weighted by Gasteiger charge is -2.10. The first-order chi connectivity index (χ1) is 7.49. The molecule has 86 valence electrons. The van der Waals surface area contributed by atoms with Gasteiger partial charge in [-0.05, 0) is 18.2 Å². The third-order valence-electron chi connectivity index (χ3n) is 1.79. The van der Waals surface area contributed by atoms with Gasteiger partial charge in [0, 0.05) is 7.11 Å². The largest absolute Gasteiger partial charge is 0.466 e. The van der Waals surface area contributed by atoms with Gasteiger partial charge in [-0.2, -0.15) is 13.2 Å². The molecule has 0 aromatic heterocycles. The fourth-order valence-corrected chi connectivity index (χ4v) is 1.07. The second kappa shape index (κ2) is 4.90. The van der Waals surface area contributed by atoms with Gasteiger partial charge >= 0.3 is 6.18 Å². The van der Waals surface area contributed by atoms with Crippen LogP contribution in [0, 0.1) is 12.3 Å². The number of methoxy groups -OCH3 is 1. The van der Waals surface area contributed by atoms with Crippen molar-refractivity contribution in [2.75, 3.05) is 13.9 Å². The summed E-state index contributed by atoms with van der Waals surface area (Å²) < 4.78 is 46.7. The molecule has 1 aromatic rings. The molecule has 5 heteroatoms. The summed E-state index contributed by atoms with van der Waals surface area (Å²) >= 11 is 0. The van der Waals surface area contributed by atoms with Crippen molar-refractivity contribution < 1.29 is 22.6 Å². The molecule has 0 saturated heterocycles. The molecule has 0 unspecified atom stereocenters. The highest BCUT2D eigenvalue weighted by Crippen LogP contribution is 2.32. The first-order valence-electron chi connectivity index (χ1n) is 4.28. The van der Waals surface area contributed by atoms with E-state index in [4.69, 9.17) is 11.2 Å². The Morgan fingerprint density at radius 2 is 2.06 bits per heavy atom. The van der Waals surface area contributed by atoms with E-state index in [1.54, 1.807) is 0 Å². The van der Waals surface area contributed by atoms with Gasteiger partial charge in [0.1, 0.15) is 5.75 Å². The number of ether oxygens (including phenoxy) is 2. The van der Waals surface area contributed by atoms with Crippen molar-refractivity contribution in [1.29, 1.82) is 0 Å². The average Bonchev–Trinajstić information content (AvgIpc) is 2.24. The van der Waals surface area contributed by atoms with Crippen molar-refractivity contribution in [2.45, 2.75) is 6.18 Å². The number of alkyl halides is 3. The van der Waals surface area contributed by atoms with Gasteiger partial charge in [0.25, 0.3) is 0 Å². The highest BCUT2D eigenvalue weighted by Gasteiger charge is 2.31. The van der Waals surface area contributed by atoms with Gasteiger partial charge in [0.05, 0.1) is 11.1 Å². The van der Waals surface area contributed by atoms with E-state index in [9.17, 15) is 13.2 Å². The van der Waals surface area contributed by atoms with Gasteiger partial charge in [0.15, 0.2) is 6.79 Å². The molecule has 0 fully saturated rings. The van der Waals surface area contributed by atoms with E-state index in [1.165, 1.54) is 13.2 Å². The second-order valence-corrected chi connectivity index (χ2v) is 2.90. The molecule has 0 saturated carbocycles. The lowest BCUT2D eigenvalue weighted by atomic mass is 10.1. The molecule has 0 bridgehead atoms. The lowest BCUT2D eigenvalue weighted by molar-refractivity contribution is -0.137. The van der Waals surface area contributed by atoms with Crippen LogP contribution in [0.4, 0.5) is 13.2 Å². The van der Waals surface area contributed by atoms with Gasteiger partial charge < -0.3 is 9.47 Å². The smallest absolute Gasteiger partial charge is 0.416 e. The lowest BCUT2D eigenvalue weighted by Crippen LogP contribution is -2.06. The van der Waals surface area contributed by atoms with E-state index in [1.807, 2.05) is 0 Å². The van der Waals surface area contributed by atoms with Crippen LogP contribution in [0.2, 0.25) is 0 Å². The van der Waals surface area contributed by atoms with E-state index in [0.29, 0.717) is 0 Å². The van der Waals surface area contributed by atoms with Crippen LogP contribution in [0.1, 0.15) is 11.1 Å². The van der Waals surface area contributed by atoms with Gasteiger partial charge in [-0.1, -0.05) is 5.92 Å². The second-order valence-electron chi connectivity index (χ2n) is 2.90. The molecule has 0 atom stereocenters. The van der Waals surface area contributed by atoms with Gasteiger partial charge in [-0.15, -0.1) is 6.42 Å². The zero-order chi connectivity index (χ0) is 12.2. The third kappa shape index (κ3) is 2.91. The summed E-state index contributed by atoms with van der Waals surface area (Å²) in [4.78, 5) is 0. The molecule has 0 heterocycles. The maximum absolute atomic E-state index is 12.4.